The lowest BCUT2D eigenvalue weighted by Gasteiger charge is -2.13. The van der Waals surface area contributed by atoms with Gasteiger partial charge in [-0.05, 0) is 57.2 Å². The van der Waals surface area contributed by atoms with E-state index in [1.807, 2.05) is 30.3 Å². The van der Waals surface area contributed by atoms with E-state index in [9.17, 15) is 18.0 Å². The highest BCUT2D eigenvalue weighted by Crippen LogP contribution is 2.18. The first kappa shape index (κ1) is 24.1. The Morgan fingerprint density at radius 3 is 2.39 bits per heavy atom. The van der Waals surface area contributed by atoms with Crippen LogP contribution >= 0.6 is 0 Å². The van der Waals surface area contributed by atoms with E-state index in [2.05, 4.69) is 15.0 Å². The average Bonchev–Trinajstić information content (AvgIpc) is 2.77. The lowest BCUT2D eigenvalue weighted by atomic mass is 10.1. The van der Waals surface area contributed by atoms with Crippen molar-refractivity contribution >= 4 is 44.6 Å². The van der Waals surface area contributed by atoms with Crippen LogP contribution in [-0.4, -0.2) is 37.4 Å². The number of nitrogens with one attached hydrogen (secondary N) is 2. The minimum absolute atomic E-state index is 0.0849. The molecule has 3 rings (SSSR count). The number of anilines is 1. The lowest BCUT2D eigenvalue weighted by molar-refractivity contribution is -0.148. The molecule has 2 aromatic carbocycles. The Balaban J connectivity index is 1.59. The number of amides is 1. The summed E-state index contributed by atoms with van der Waals surface area (Å²) in [7, 11) is -3.62. The van der Waals surface area contributed by atoms with E-state index in [4.69, 9.17) is 4.74 Å². The van der Waals surface area contributed by atoms with Crippen molar-refractivity contribution in [3.05, 3.63) is 72.4 Å². The van der Waals surface area contributed by atoms with Gasteiger partial charge in [0.05, 0.1) is 10.4 Å². The summed E-state index contributed by atoms with van der Waals surface area (Å²) in [5.74, 6) is -1.22. The monoisotopic (exact) mass is 467 g/mol. The highest BCUT2D eigenvalue weighted by Gasteiger charge is 2.18. The van der Waals surface area contributed by atoms with Gasteiger partial charge >= 0.3 is 5.97 Å². The SMILES string of the molecule is CC(C)NS(=O)(=O)c1ccc(NC(=O)C(C)OC(=O)/C=C/c2cccc3cccnc23)cc1. The molecular formula is C24H25N3O5S. The van der Waals surface area contributed by atoms with Gasteiger partial charge in [0.25, 0.3) is 5.91 Å². The molecule has 1 amide bonds. The summed E-state index contributed by atoms with van der Waals surface area (Å²) in [4.78, 5) is 29.0. The predicted octanol–water partition coefficient (Wildman–Crippen LogP) is 3.51. The number of esters is 1. The zero-order chi connectivity index (χ0) is 24.0. The van der Waals surface area contributed by atoms with E-state index in [0.717, 1.165) is 16.5 Å². The van der Waals surface area contributed by atoms with Gasteiger partial charge in [0, 0.05) is 35.0 Å². The minimum atomic E-state index is -3.62. The molecule has 0 saturated heterocycles. The van der Waals surface area contributed by atoms with Crippen molar-refractivity contribution in [3.8, 4) is 0 Å². The van der Waals surface area contributed by atoms with Gasteiger partial charge in [0.15, 0.2) is 6.10 Å². The fourth-order valence-corrected chi connectivity index (χ4v) is 4.28. The smallest absolute Gasteiger partial charge is 0.331 e. The van der Waals surface area contributed by atoms with Crippen molar-refractivity contribution < 1.29 is 22.7 Å². The number of fused-ring (bicyclic) bond motifs is 1. The number of hydrogen-bond donors (Lipinski definition) is 2. The van der Waals surface area contributed by atoms with E-state index < -0.39 is 28.0 Å². The fourth-order valence-electron chi connectivity index (χ4n) is 3.03. The van der Waals surface area contributed by atoms with Gasteiger partial charge in [-0.1, -0.05) is 24.3 Å². The van der Waals surface area contributed by atoms with Crippen molar-refractivity contribution in [1.29, 1.82) is 0 Å². The second-order valence-electron chi connectivity index (χ2n) is 7.62. The molecule has 2 N–H and O–H groups in total. The normalized spacial score (nSPS) is 12.7. The van der Waals surface area contributed by atoms with Gasteiger partial charge in [-0.25, -0.2) is 17.9 Å². The highest BCUT2D eigenvalue weighted by molar-refractivity contribution is 7.89. The van der Waals surface area contributed by atoms with Crippen LogP contribution in [0, 0.1) is 0 Å². The Kier molecular flexibility index (Phi) is 7.57. The molecule has 0 aliphatic rings. The van der Waals surface area contributed by atoms with Gasteiger partial charge in [0.2, 0.25) is 10.0 Å². The van der Waals surface area contributed by atoms with Crippen molar-refractivity contribution in [1.82, 2.24) is 9.71 Å². The lowest BCUT2D eigenvalue weighted by Crippen LogP contribution is -2.30. The van der Waals surface area contributed by atoms with Crippen LogP contribution in [0.15, 0.2) is 71.8 Å². The Hall–Kier alpha value is -3.56. The summed E-state index contributed by atoms with van der Waals surface area (Å²) in [6.45, 7) is 4.90. The van der Waals surface area contributed by atoms with Crippen LogP contribution in [0.4, 0.5) is 5.69 Å². The topological polar surface area (TPSA) is 114 Å². The molecule has 1 unspecified atom stereocenters. The number of sulfonamides is 1. The molecule has 1 atom stereocenters. The predicted molar refractivity (Wildman–Crippen MR) is 127 cm³/mol. The number of pyridine rings is 1. The molecule has 33 heavy (non-hydrogen) atoms. The number of rotatable bonds is 8. The largest absolute Gasteiger partial charge is 0.449 e. The summed E-state index contributed by atoms with van der Waals surface area (Å²) in [6, 6.07) is 14.8. The van der Waals surface area contributed by atoms with Crippen molar-refractivity contribution in [3.63, 3.8) is 0 Å². The summed E-state index contributed by atoms with van der Waals surface area (Å²) in [5.41, 5.74) is 1.89. The Labute approximate surface area is 192 Å². The van der Waals surface area contributed by atoms with Gasteiger partial charge < -0.3 is 10.1 Å². The molecule has 3 aromatic rings. The number of carbonyl (C=O) groups is 2. The number of aromatic nitrogens is 1. The van der Waals surface area contributed by atoms with Crippen LogP contribution in [0.1, 0.15) is 26.3 Å². The van der Waals surface area contributed by atoms with E-state index in [-0.39, 0.29) is 10.9 Å². The van der Waals surface area contributed by atoms with E-state index in [0.29, 0.717) is 5.69 Å². The quantitative estimate of drug-likeness (QED) is 0.387. The number of para-hydroxylation sites is 1. The number of benzene rings is 2. The maximum absolute atomic E-state index is 12.4. The summed E-state index contributed by atoms with van der Waals surface area (Å²) in [5, 5.41) is 3.54. The van der Waals surface area contributed by atoms with E-state index in [1.165, 1.54) is 37.3 Å². The van der Waals surface area contributed by atoms with Crippen LogP contribution in [0.5, 0.6) is 0 Å². The molecule has 0 bridgehead atoms. The zero-order valence-electron chi connectivity index (χ0n) is 18.5. The fraction of sp³-hybridized carbons (Fsp3) is 0.208. The molecule has 0 radical (unpaired) electrons. The third-order valence-corrected chi connectivity index (χ3v) is 6.22. The molecule has 1 aromatic heterocycles. The van der Waals surface area contributed by atoms with Gasteiger partial charge in [-0.3, -0.25) is 9.78 Å². The first-order valence-corrected chi connectivity index (χ1v) is 11.8. The van der Waals surface area contributed by atoms with Gasteiger partial charge in [-0.15, -0.1) is 0 Å². The third kappa shape index (κ3) is 6.47. The third-order valence-electron chi connectivity index (χ3n) is 4.55. The first-order chi connectivity index (χ1) is 15.7. The standard InChI is InChI=1S/C24H25N3O5S/c1-16(2)27-33(30,31)21-12-10-20(11-13-21)26-24(29)17(3)32-22(28)14-9-19-7-4-6-18-8-5-15-25-23(18)19/h4-17,27H,1-3H3,(H,26,29)/b14-9+. The maximum atomic E-state index is 12.4. The second kappa shape index (κ2) is 10.4. The molecule has 0 spiro atoms. The van der Waals surface area contributed by atoms with Crippen LogP contribution in [-0.2, 0) is 24.3 Å². The number of ether oxygens (including phenoxy) is 1. The van der Waals surface area contributed by atoms with Crippen LogP contribution in [0.3, 0.4) is 0 Å². The summed E-state index contributed by atoms with van der Waals surface area (Å²) < 4.78 is 32.0. The van der Waals surface area contributed by atoms with Gasteiger partial charge in [-0.2, -0.15) is 0 Å². The molecule has 0 fully saturated rings. The van der Waals surface area contributed by atoms with E-state index >= 15 is 0 Å². The summed E-state index contributed by atoms with van der Waals surface area (Å²) >= 11 is 0. The first-order valence-electron chi connectivity index (χ1n) is 10.3. The maximum Gasteiger partial charge on any atom is 0.331 e. The Morgan fingerprint density at radius 1 is 1.00 bits per heavy atom. The molecule has 0 aliphatic carbocycles. The van der Waals surface area contributed by atoms with Gasteiger partial charge in [0.1, 0.15) is 0 Å². The van der Waals surface area contributed by atoms with Crippen LogP contribution in [0.2, 0.25) is 0 Å². The molecule has 8 nitrogen and oxygen atoms in total. The molecule has 0 saturated carbocycles. The second-order valence-corrected chi connectivity index (χ2v) is 9.34. The Morgan fingerprint density at radius 2 is 1.70 bits per heavy atom. The van der Waals surface area contributed by atoms with Crippen LogP contribution < -0.4 is 10.0 Å². The average molecular weight is 468 g/mol. The molecule has 9 heteroatoms. The van der Waals surface area contributed by atoms with Crippen molar-refractivity contribution in [2.75, 3.05) is 5.32 Å². The molecule has 0 aliphatic heterocycles. The van der Waals surface area contributed by atoms with E-state index in [1.54, 1.807) is 26.1 Å². The number of nitrogens with zero attached hydrogens (tertiary/aromatic N) is 1. The van der Waals surface area contributed by atoms with Crippen LogP contribution in [0.25, 0.3) is 17.0 Å². The number of hydrogen-bond acceptors (Lipinski definition) is 6. The van der Waals surface area contributed by atoms with Crippen molar-refractivity contribution in [2.45, 2.75) is 37.8 Å². The number of carbonyl (C=O) groups excluding carboxylic acids is 2. The molecule has 172 valence electrons. The summed E-state index contributed by atoms with van der Waals surface area (Å²) in [6.07, 6.45) is 3.45. The molecular weight excluding hydrogens is 442 g/mol. The molecule has 1 heterocycles. The zero-order valence-corrected chi connectivity index (χ0v) is 19.3. The minimum Gasteiger partial charge on any atom is -0.449 e. The van der Waals surface area contributed by atoms with Crippen molar-refractivity contribution in [2.24, 2.45) is 0 Å². The highest BCUT2D eigenvalue weighted by atomic mass is 32.2. The Bertz CT molecular complexity index is 1280.